The second-order valence-corrected chi connectivity index (χ2v) is 7.19. The molecule has 1 fully saturated rings. The lowest BCUT2D eigenvalue weighted by Gasteiger charge is -2.27. The van der Waals surface area contributed by atoms with Gasteiger partial charge in [0.25, 0.3) is 0 Å². The minimum Gasteiger partial charge on any atom is -0.371 e. The van der Waals surface area contributed by atoms with E-state index in [0.29, 0.717) is 38.2 Å². The fourth-order valence-corrected chi connectivity index (χ4v) is 3.51. The summed E-state index contributed by atoms with van der Waals surface area (Å²) in [6.45, 7) is 1.54. The molecule has 3 heterocycles. The summed E-state index contributed by atoms with van der Waals surface area (Å²) >= 11 is 0. The Kier molecular flexibility index (Phi) is 5.51. The molecule has 2 aliphatic rings. The van der Waals surface area contributed by atoms with E-state index in [1.807, 2.05) is 12.1 Å². The maximum atomic E-state index is 13.4. The molecular weight excluding hydrogens is 399 g/mol. The quantitative estimate of drug-likeness (QED) is 0.515. The third-order valence-electron chi connectivity index (χ3n) is 5.03. The lowest BCUT2D eigenvalue weighted by Crippen LogP contribution is -2.44. The second-order valence-electron chi connectivity index (χ2n) is 7.19. The van der Waals surface area contributed by atoms with Gasteiger partial charge in [-0.2, -0.15) is 18.3 Å². The number of aliphatic imine (C=N–C) groups is 1. The number of carbonyl (C=O) groups excluding carboxylic acids is 1. The highest BCUT2D eigenvalue weighted by atomic mass is 19.4. The summed E-state index contributed by atoms with van der Waals surface area (Å²) < 4.78 is 40.1. The summed E-state index contributed by atoms with van der Waals surface area (Å²) in [5.41, 5.74) is 0.697. The van der Waals surface area contributed by atoms with E-state index in [1.165, 1.54) is 0 Å². The van der Waals surface area contributed by atoms with Gasteiger partial charge >= 0.3 is 6.18 Å². The standard InChI is InChI=1S/C19H22F3N7O/c20-19(21,22)14-11-24-18(26-13-4-5-15-12(9-13)10-25-28-15)27-17(14)23-6-2-8-29-7-1-3-16(29)30/h4-5,9-11,18,23,26-27H,1-3,6-8H2,(H,25,28). The Hall–Kier alpha value is -3.24. The number of aromatic nitrogens is 2. The molecule has 1 saturated heterocycles. The predicted molar refractivity (Wildman–Crippen MR) is 107 cm³/mol. The van der Waals surface area contributed by atoms with Crippen LogP contribution < -0.4 is 16.0 Å². The van der Waals surface area contributed by atoms with Crippen LogP contribution in [0, 0.1) is 0 Å². The average Bonchev–Trinajstić information content (AvgIpc) is 3.33. The number of fused-ring (bicyclic) bond motifs is 1. The average molecular weight is 421 g/mol. The molecule has 4 N–H and O–H groups in total. The zero-order valence-electron chi connectivity index (χ0n) is 16.1. The molecule has 160 valence electrons. The van der Waals surface area contributed by atoms with Crippen molar-refractivity contribution < 1.29 is 18.0 Å². The summed E-state index contributed by atoms with van der Waals surface area (Å²) in [7, 11) is 0. The molecule has 1 atom stereocenters. The topological polar surface area (TPSA) is 97.4 Å². The van der Waals surface area contributed by atoms with Crippen molar-refractivity contribution in [3.05, 3.63) is 35.8 Å². The molecule has 0 bridgehead atoms. The van der Waals surface area contributed by atoms with E-state index in [0.717, 1.165) is 23.5 Å². The van der Waals surface area contributed by atoms with Crippen LogP contribution in [0.3, 0.4) is 0 Å². The first kappa shape index (κ1) is 20.0. The first-order valence-electron chi connectivity index (χ1n) is 9.73. The van der Waals surface area contributed by atoms with Crippen molar-refractivity contribution in [1.29, 1.82) is 0 Å². The van der Waals surface area contributed by atoms with E-state index >= 15 is 0 Å². The molecule has 1 amide bonds. The van der Waals surface area contributed by atoms with Gasteiger partial charge in [0.15, 0.2) is 6.29 Å². The van der Waals surface area contributed by atoms with Crippen LogP contribution in [0.25, 0.3) is 10.9 Å². The van der Waals surface area contributed by atoms with Crippen LogP contribution in [0.5, 0.6) is 0 Å². The summed E-state index contributed by atoms with van der Waals surface area (Å²) in [5, 5.41) is 16.3. The molecule has 8 nitrogen and oxygen atoms in total. The number of rotatable bonds is 7. The number of halogens is 3. The maximum absolute atomic E-state index is 13.4. The van der Waals surface area contributed by atoms with Crippen molar-refractivity contribution in [3.63, 3.8) is 0 Å². The van der Waals surface area contributed by atoms with Crippen molar-refractivity contribution in [2.45, 2.75) is 31.7 Å². The summed E-state index contributed by atoms with van der Waals surface area (Å²) in [5.74, 6) is -0.0286. The number of allylic oxidation sites excluding steroid dienone is 1. The van der Waals surface area contributed by atoms with Gasteiger partial charge in [-0.05, 0) is 31.0 Å². The molecule has 4 rings (SSSR count). The summed E-state index contributed by atoms with van der Waals surface area (Å²) in [4.78, 5) is 17.3. The number of hydrogen-bond acceptors (Lipinski definition) is 6. The zero-order valence-corrected chi connectivity index (χ0v) is 16.1. The number of likely N-dealkylation sites (tertiary alicyclic amines) is 1. The van der Waals surface area contributed by atoms with Gasteiger partial charge in [-0.15, -0.1) is 0 Å². The fourth-order valence-electron chi connectivity index (χ4n) is 3.51. The second kappa shape index (κ2) is 8.25. The van der Waals surface area contributed by atoms with Crippen LogP contribution in [-0.4, -0.2) is 59.3 Å². The molecular formula is C19H22F3N7O. The van der Waals surface area contributed by atoms with Crippen LogP contribution in [0.2, 0.25) is 0 Å². The Morgan fingerprint density at radius 3 is 2.93 bits per heavy atom. The SMILES string of the molecule is O=C1CCCN1CCCNC1=C(C(F)(F)F)C=NC(Nc2ccc3[nH]ncc3c2)N1. The Bertz CT molecular complexity index is 982. The Labute approximate surface area is 170 Å². The molecule has 0 spiro atoms. The Morgan fingerprint density at radius 1 is 1.30 bits per heavy atom. The van der Waals surface area contributed by atoms with Crippen molar-refractivity contribution in [3.8, 4) is 0 Å². The number of alkyl halides is 3. The first-order valence-corrected chi connectivity index (χ1v) is 9.73. The van der Waals surface area contributed by atoms with Crippen LogP contribution >= 0.6 is 0 Å². The lowest BCUT2D eigenvalue weighted by atomic mass is 10.2. The molecule has 1 unspecified atom stereocenters. The van der Waals surface area contributed by atoms with Gasteiger partial charge in [0.1, 0.15) is 11.4 Å². The molecule has 2 aromatic rings. The van der Waals surface area contributed by atoms with Crippen molar-refractivity contribution in [1.82, 2.24) is 25.7 Å². The number of amides is 1. The smallest absolute Gasteiger partial charge is 0.371 e. The molecule has 30 heavy (non-hydrogen) atoms. The third kappa shape index (κ3) is 4.50. The van der Waals surface area contributed by atoms with Gasteiger partial charge in [0, 0.05) is 43.3 Å². The van der Waals surface area contributed by atoms with Gasteiger partial charge in [-0.3, -0.25) is 9.89 Å². The molecule has 11 heteroatoms. The zero-order chi connectivity index (χ0) is 21.1. The molecule has 2 aliphatic heterocycles. The highest BCUT2D eigenvalue weighted by Crippen LogP contribution is 2.27. The highest BCUT2D eigenvalue weighted by Gasteiger charge is 2.38. The number of nitrogens with one attached hydrogen (secondary N) is 4. The van der Waals surface area contributed by atoms with Crippen molar-refractivity contribution in [2.24, 2.45) is 4.99 Å². The maximum Gasteiger partial charge on any atom is 0.421 e. The molecule has 0 radical (unpaired) electrons. The predicted octanol–water partition coefficient (Wildman–Crippen LogP) is 2.31. The van der Waals surface area contributed by atoms with E-state index < -0.39 is 18.0 Å². The van der Waals surface area contributed by atoms with E-state index in [4.69, 9.17) is 0 Å². The van der Waals surface area contributed by atoms with Crippen molar-refractivity contribution >= 4 is 28.7 Å². The Balaban J connectivity index is 1.38. The third-order valence-corrected chi connectivity index (χ3v) is 5.03. The van der Waals surface area contributed by atoms with Gasteiger partial charge in [0.05, 0.1) is 11.7 Å². The lowest BCUT2D eigenvalue weighted by molar-refractivity contribution is -0.127. The normalized spacial score (nSPS) is 19.5. The molecule has 0 aliphatic carbocycles. The molecule has 0 saturated carbocycles. The van der Waals surface area contributed by atoms with E-state index in [9.17, 15) is 18.0 Å². The minimum absolute atomic E-state index is 0.104. The van der Waals surface area contributed by atoms with Gasteiger partial charge in [0.2, 0.25) is 5.91 Å². The van der Waals surface area contributed by atoms with Gasteiger partial charge < -0.3 is 20.9 Å². The highest BCUT2D eigenvalue weighted by molar-refractivity contribution is 5.83. The van der Waals surface area contributed by atoms with Gasteiger partial charge in [-0.25, -0.2) is 4.99 Å². The number of hydrogen-bond donors (Lipinski definition) is 4. The van der Waals surface area contributed by atoms with E-state index in [2.05, 4.69) is 31.1 Å². The number of aromatic amines is 1. The monoisotopic (exact) mass is 421 g/mol. The first-order chi connectivity index (χ1) is 14.4. The summed E-state index contributed by atoms with van der Waals surface area (Å²) in [6.07, 6.45) is -0.866. The molecule has 1 aromatic carbocycles. The number of anilines is 1. The van der Waals surface area contributed by atoms with Crippen molar-refractivity contribution in [2.75, 3.05) is 25.0 Å². The van der Waals surface area contributed by atoms with Crippen LogP contribution in [0.4, 0.5) is 18.9 Å². The van der Waals surface area contributed by atoms with E-state index in [1.54, 1.807) is 17.2 Å². The van der Waals surface area contributed by atoms with Crippen LogP contribution in [-0.2, 0) is 4.79 Å². The summed E-state index contributed by atoms with van der Waals surface area (Å²) in [6, 6.07) is 5.45. The Morgan fingerprint density at radius 2 is 2.17 bits per heavy atom. The van der Waals surface area contributed by atoms with Crippen LogP contribution in [0.1, 0.15) is 19.3 Å². The minimum atomic E-state index is -4.54. The molecule has 1 aromatic heterocycles. The number of H-pyrrole nitrogens is 1. The number of benzene rings is 1. The van der Waals surface area contributed by atoms with Crippen LogP contribution in [0.15, 0.2) is 40.8 Å². The number of nitrogens with zero attached hydrogens (tertiary/aromatic N) is 3. The van der Waals surface area contributed by atoms with E-state index in [-0.39, 0.29) is 11.7 Å². The fraction of sp³-hybridized carbons (Fsp3) is 0.421. The van der Waals surface area contributed by atoms with Gasteiger partial charge in [-0.1, -0.05) is 0 Å². The largest absolute Gasteiger partial charge is 0.421 e. The number of carbonyl (C=O) groups is 1.